The van der Waals surface area contributed by atoms with E-state index in [-0.39, 0.29) is 60.8 Å². The number of ether oxygens (including phenoxy) is 1. The zero-order valence-electron chi connectivity index (χ0n) is 37.6. The lowest BCUT2D eigenvalue weighted by atomic mass is 10.00. The van der Waals surface area contributed by atoms with Gasteiger partial charge in [-0.2, -0.15) is 0 Å². The molecule has 4 aliphatic rings. The van der Waals surface area contributed by atoms with Gasteiger partial charge in [-0.25, -0.2) is 9.97 Å². The molecule has 5 amide bonds. The van der Waals surface area contributed by atoms with Crippen LogP contribution in [0.5, 0.6) is 5.75 Å². The van der Waals surface area contributed by atoms with Gasteiger partial charge in [-0.1, -0.05) is 89.3 Å². The van der Waals surface area contributed by atoms with Gasteiger partial charge >= 0.3 is 0 Å². The minimum absolute atomic E-state index is 0. The number of benzene rings is 2. The van der Waals surface area contributed by atoms with Crippen LogP contribution in [-0.4, -0.2) is 82.5 Å². The van der Waals surface area contributed by atoms with Crippen molar-refractivity contribution in [2.45, 2.75) is 160 Å². The molecule has 1 aromatic heterocycles. The average molecular weight is 899 g/mol. The van der Waals surface area contributed by atoms with Crippen LogP contribution in [0.4, 0.5) is 17.2 Å². The maximum absolute atomic E-state index is 13.3. The van der Waals surface area contributed by atoms with E-state index >= 15 is 0 Å². The molecule has 1 saturated carbocycles. The molecule has 15 heteroatoms. The highest BCUT2D eigenvalue weighted by molar-refractivity contribution is 6.07. The van der Waals surface area contributed by atoms with Gasteiger partial charge in [0.25, 0.3) is 5.91 Å². The second kappa shape index (κ2) is 22.5. The van der Waals surface area contributed by atoms with E-state index < -0.39 is 11.9 Å². The van der Waals surface area contributed by atoms with Gasteiger partial charge in [0.05, 0.1) is 13.3 Å². The Kier molecular flexibility index (Phi) is 16.9. The quantitative estimate of drug-likeness (QED) is 0.0603. The molecule has 1 unspecified atom stereocenters. The van der Waals surface area contributed by atoms with E-state index in [0.29, 0.717) is 65.7 Å². The fourth-order valence-electron chi connectivity index (χ4n) is 9.78. The van der Waals surface area contributed by atoms with Crippen LogP contribution in [0, 0.1) is 0 Å². The van der Waals surface area contributed by atoms with Crippen molar-refractivity contribution in [3.8, 4) is 5.75 Å². The molecule has 2 aromatic carbocycles. The number of carbonyl (C=O) groups excluding carboxylic acids is 6. The van der Waals surface area contributed by atoms with Crippen molar-refractivity contribution in [2.75, 3.05) is 29.3 Å². The van der Waals surface area contributed by atoms with Crippen LogP contribution in [0.3, 0.4) is 0 Å². The smallest absolute Gasteiger partial charge is 0.255 e. The number of hydrogen-bond acceptors (Lipinski definition) is 10. The van der Waals surface area contributed by atoms with Gasteiger partial charge < -0.3 is 24.8 Å². The summed E-state index contributed by atoms with van der Waals surface area (Å²) in [6.07, 6.45) is 19.1. The third kappa shape index (κ3) is 11.1. The maximum atomic E-state index is 13.3. The fourth-order valence-corrected chi connectivity index (χ4v) is 9.78. The molecule has 3 aliphatic heterocycles. The Hall–Kier alpha value is -5.37. The Balaban J connectivity index is 0.00000680. The lowest BCUT2D eigenvalue weighted by Gasteiger charge is -2.43. The summed E-state index contributed by atoms with van der Waals surface area (Å²) in [5.74, 6) is 1.21. The zero-order valence-corrected chi connectivity index (χ0v) is 38.4. The van der Waals surface area contributed by atoms with Crippen molar-refractivity contribution in [1.82, 2.24) is 20.2 Å². The summed E-state index contributed by atoms with van der Waals surface area (Å²) < 4.78 is 5.76. The van der Waals surface area contributed by atoms with E-state index in [1.165, 1.54) is 4.90 Å². The van der Waals surface area contributed by atoms with Crippen molar-refractivity contribution in [1.29, 1.82) is 0 Å². The molecule has 0 spiro atoms. The molecule has 2 fully saturated rings. The second-order valence-corrected chi connectivity index (χ2v) is 17.6. The Morgan fingerprint density at radius 1 is 0.891 bits per heavy atom. The number of rotatable bonds is 21. The zero-order chi connectivity index (χ0) is 44.5. The summed E-state index contributed by atoms with van der Waals surface area (Å²) in [4.78, 5) is 91.5. The number of hydrogen-bond donors (Lipinski definition) is 2. The summed E-state index contributed by atoms with van der Waals surface area (Å²) in [6.45, 7) is 2.28. The van der Waals surface area contributed by atoms with Crippen LogP contribution in [0.1, 0.15) is 167 Å². The van der Waals surface area contributed by atoms with Crippen LogP contribution >= 0.6 is 12.4 Å². The van der Waals surface area contributed by atoms with E-state index in [4.69, 9.17) is 9.72 Å². The van der Waals surface area contributed by atoms with Crippen LogP contribution < -0.4 is 25.2 Å². The number of halogens is 1. The topological polar surface area (TPSA) is 171 Å². The van der Waals surface area contributed by atoms with Gasteiger partial charge in [-0.3, -0.25) is 34.1 Å². The van der Waals surface area contributed by atoms with Gasteiger partial charge in [0.1, 0.15) is 29.3 Å². The van der Waals surface area contributed by atoms with Crippen molar-refractivity contribution < 1.29 is 33.5 Å². The number of aromatic nitrogens is 2. The maximum Gasteiger partial charge on any atom is 0.255 e. The molecule has 7 rings (SSSR count). The van der Waals surface area contributed by atoms with Crippen LogP contribution in [0.15, 0.2) is 42.6 Å². The molecule has 0 bridgehead atoms. The average Bonchev–Trinajstić information content (AvgIpc) is 3.94. The molecule has 0 radical (unpaired) electrons. The minimum Gasteiger partial charge on any atom is -0.496 e. The van der Waals surface area contributed by atoms with Crippen LogP contribution in [0.2, 0.25) is 0 Å². The van der Waals surface area contributed by atoms with Gasteiger partial charge in [-0.05, 0) is 56.7 Å². The lowest BCUT2D eigenvalue weighted by Crippen LogP contribution is -2.55. The van der Waals surface area contributed by atoms with Gasteiger partial charge in [0, 0.05) is 73.3 Å². The number of fused-ring (bicyclic) bond motifs is 2. The summed E-state index contributed by atoms with van der Waals surface area (Å²) in [5.41, 5.74) is 4.09. The van der Waals surface area contributed by atoms with Crippen LogP contribution in [-0.2, 0) is 32.1 Å². The molecular formula is C49H64ClN7O7. The number of anilines is 3. The molecule has 14 nitrogen and oxygen atoms in total. The molecule has 1 aliphatic carbocycles. The number of imide groups is 1. The number of Topliss-reactive ketones (excluding diaryl/α,β-unsaturated/α-hetero) is 1. The van der Waals surface area contributed by atoms with E-state index in [2.05, 4.69) is 27.4 Å². The first-order valence-electron chi connectivity index (χ1n) is 23.3. The Morgan fingerprint density at radius 2 is 1.58 bits per heavy atom. The number of nitrogens with one attached hydrogen (secondary N) is 2. The standard InChI is InChI=1S/C49H63N7O7.ClH/c1-4-38-49(62)54(2)40-30-50-43(52-46(40)56(38)34-18-15-16-19-34)29-33-25-24-32(28-42(33)63-3)41(57)22-13-11-9-7-5-6-8-10-12-14-23-44(58)51-37-21-17-20-35-36(37)31-55(48(35)61)39-26-27-45(59)53-47(39)60;/h17,20-21,24-25,28,30,34,38-39H,4-16,18-19,22-23,26-27,29,31H2,1-3H3,(H,51,58)(H,53,59,60);1H/t38-,39?;/m1./s1. The number of ketones is 1. The number of amides is 5. The molecule has 344 valence electrons. The van der Waals surface area contributed by atoms with E-state index in [1.807, 2.05) is 25.2 Å². The van der Waals surface area contributed by atoms with E-state index in [0.717, 1.165) is 113 Å². The number of unbranched alkanes of at least 4 members (excludes halogenated alkanes) is 9. The molecule has 3 aromatic rings. The van der Waals surface area contributed by atoms with Crippen molar-refractivity contribution in [3.05, 3.63) is 70.7 Å². The number of carbonyl (C=O) groups is 6. The van der Waals surface area contributed by atoms with E-state index in [1.54, 1.807) is 36.4 Å². The first-order chi connectivity index (χ1) is 30.6. The van der Waals surface area contributed by atoms with Crippen molar-refractivity contribution in [3.63, 3.8) is 0 Å². The summed E-state index contributed by atoms with van der Waals surface area (Å²) in [7, 11) is 3.43. The minimum atomic E-state index is -0.695. The van der Waals surface area contributed by atoms with Gasteiger partial charge in [-0.15, -0.1) is 12.4 Å². The molecule has 2 N–H and O–H groups in total. The monoisotopic (exact) mass is 897 g/mol. The Bertz CT molecular complexity index is 2190. The number of likely N-dealkylation sites (N-methyl/N-ethyl adjacent to an activating group) is 1. The first kappa shape index (κ1) is 48.1. The highest BCUT2D eigenvalue weighted by Gasteiger charge is 2.42. The van der Waals surface area contributed by atoms with Gasteiger partial charge in [0.15, 0.2) is 11.6 Å². The first-order valence-corrected chi connectivity index (χ1v) is 23.3. The lowest BCUT2D eigenvalue weighted by molar-refractivity contribution is -0.137. The normalized spacial score (nSPS) is 18.5. The second-order valence-electron chi connectivity index (χ2n) is 17.6. The third-order valence-electron chi connectivity index (χ3n) is 13.3. The fraction of sp³-hybridized carbons (Fsp3) is 0.551. The SMILES string of the molecule is CC[C@@H]1C(=O)N(C)c2cnc(Cc3ccc(C(=O)CCCCCCCCCCCCC(=O)Nc4cccc5c4CN(C4CCC(=O)NC4=O)C5=O)cc3OC)nc2N1C1CCCC1.Cl. The predicted octanol–water partition coefficient (Wildman–Crippen LogP) is 8.27. The molecule has 2 atom stereocenters. The Labute approximate surface area is 383 Å². The Morgan fingerprint density at radius 3 is 2.25 bits per heavy atom. The van der Waals surface area contributed by atoms with Crippen molar-refractivity contribution >= 4 is 64.9 Å². The molecular weight excluding hydrogens is 834 g/mol. The number of piperidine rings is 1. The highest BCUT2D eigenvalue weighted by atomic mass is 35.5. The summed E-state index contributed by atoms with van der Waals surface area (Å²) in [5, 5.41) is 5.30. The summed E-state index contributed by atoms with van der Waals surface area (Å²) >= 11 is 0. The number of nitrogens with zero attached hydrogens (tertiary/aromatic N) is 5. The van der Waals surface area contributed by atoms with Crippen LogP contribution in [0.25, 0.3) is 0 Å². The molecule has 1 saturated heterocycles. The van der Waals surface area contributed by atoms with Gasteiger partial charge in [0.2, 0.25) is 23.6 Å². The predicted molar refractivity (Wildman–Crippen MR) is 248 cm³/mol. The third-order valence-corrected chi connectivity index (χ3v) is 13.3. The molecule has 4 heterocycles. The summed E-state index contributed by atoms with van der Waals surface area (Å²) in [6, 6.07) is 10.3. The highest BCUT2D eigenvalue weighted by Crippen LogP contribution is 2.40. The largest absolute Gasteiger partial charge is 0.496 e. The number of methoxy groups -OCH3 is 1. The van der Waals surface area contributed by atoms with E-state index in [9.17, 15) is 28.8 Å². The van der Waals surface area contributed by atoms with Crippen molar-refractivity contribution in [2.24, 2.45) is 0 Å². The molecule has 64 heavy (non-hydrogen) atoms.